The van der Waals surface area contributed by atoms with Crippen LogP contribution in [0.5, 0.6) is 23.0 Å². The Hall–Kier alpha value is -7.27. The molecule has 83 heavy (non-hydrogen) atoms. The third kappa shape index (κ3) is 17.2. The van der Waals surface area contributed by atoms with Crippen LogP contribution in [0.3, 0.4) is 0 Å². The van der Waals surface area contributed by atoms with Crippen LogP contribution in [0.25, 0.3) is 90.9 Å². The molecule has 3 aromatic heterocycles. The Morgan fingerprint density at radius 2 is 0.711 bits per heavy atom. The molecule has 0 unspecified atom stereocenters. The van der Waals surface area contributed by atoms with Crippen molar-refractivity contribution in [1.29, 1.82) is 0 Å². The van der Waals surface area contributed by atoms with Crippen molar-refractivity contribution in [3.8, 4) is 67.5 Å². The Kier molecular flexibility index (Phi) is 21.3. The largest absolute Gasteiger partial charge is 0.494 e. The lowest BCUT2D eigenvalue weighted by molar-refractivity contribution is -0.166. The lowest BCUT2D eigenvalue weighted by atomic mass is 10.0. The second kappa shape index (κ2) is 29.3. The van der Waals surface area contributed by atoms with Gasteiger partial charge >= 0.3 is 0 Å². The summed E-state index contributed by atoms with van der Waals surface area (Å²) in [6.07, 6.45) is 19.9. The van der Waals surface area contributed by atoms with Crippen molar-refractivity contribution in [2.24, 2.45) is 0 Å². The van der Waals surface area contributed by atoms with E-state index in [1.165, 1.54) is 45.6 Å². The first kappa shape index (κ1) is 60.3. The van der Waals surface area contributed by atoms with Crippen molar-refractivity contribution >= 4 is 78.9 Å². The Morgan fingerprint density at radius 1 is 0.398 bits per heavy atom. The van der Waals surface area contributed by atoms with E-state index in [0.717, 1.165) is 116 Å². The second-order valence-electron chi connectivity index (χ2n) is 19.6. The highest BCUT2D eigenvalue weighted by atomic mass is 32.2. The van der Waals surface area contributed by atoms with Gasteiger partial charge in [0.1, 0.15) is 56.0 Å². The third-order valence-corrected chi connectivity index (χ3v) is 15.1. The minimum atomic E-state index is -3.62. The van der Waals surface area contributed by atoms with E-state index in [1.54, 1.807) is 0 Å². The van der Waals surface area contributed by atoms with Gasteiger partial charge in [-0.25, -0.2) is 14.9 Å². The zero-order chi connectivity index (χ0) is 58.0. The number of rotatable bonds is 31. The Balaban J connectivity index is 1.18. The Bertz CT molecular complexity index is 3670. The van der Waals surface area contributed by atoms with Gasteiger partial charge in [-0.05, 0) is 126 Å². The number of unbranched alkanes of at least 4 members (excludes halogenated alkanes) is 7. The second-order valence-corrected chi connectivity index (χ2v) is 23.4. The highest BCUT2D eigenvalue weighted by molar-refractivity contribution is 7.89. The molecule has 2 aliphatic rings. The fourth-order valence-electron chi connectivity index (χ4n) is 9.68. The molecule has 8 bridgehead atoms. The van der Waals surface area contributed by atoms with Crippen molar-refractivity contribution in [2.75, 3.05) is 65.9 Å². The van der Waals surface area contributed by atoms with Gasteiger partial charge < -0.3 is 28.9 Å². The van der Waals surface area contributed by atoms with E-state index in [1.807, 2.05) is 121 Å². The van der Waals surface area contributed by atoms with E-state index in [4.69, 9.17) is 45.8 Å². The highest BCUT2D eigenvalue weighted by Crippen LogP contribution is 2.40. The summed E-state index contributed by atoms with van der Waals surface area (Å²) in [6.45, 7) is 3.25. The molecule has 4 aromatic carbocycles. The molecule has 0 atom stereocenters. The minimum absolute atomic E-state index is 0.0381. The van der Waals surface area contributed by atoms with Crippen molar-refractivity contribution < 1.29 is 57.6 Å². The summed E-state index contributed by atoms with van der Waals surface area (Å²) in [4.78, 5) is 23.0. The SMILES string of the molecule is CCCCCCCCCCOc1ccc(-c2c3nc(c(-c4ccc(OCCOS(C)(=O)=O)cc4)c4ccc([nH]4)c(-c4ccc(OCCOSOOC)cc4)c4nc(c(-c5ccc(OCCOS(C)(=O)=O)cc5)c5ccc2[nH]5)C=C4)C=C3)cc1. The summed E-state index contributed by atoms with van der Waals surface area (Å²) in [5.74, 6) is 2.51. The van der Waals surface area contributed by atoms with Crippen molar-refractivity contribution in [3.05, 3.63) is 144 Å². The summed E-state index contributed by atoms with van der Waals surface area (Å²) in [7, 11) is -5.84. The fraction of sp³-hybridized carbons (Fsp3) is 0.302. The lowest BCUT2D eigenvalue weighted by Gasteiger charge is -2.10. The van der Waals surface area contributed by atoms with Gasteiger partial charge in [0.05, 0.1) is 55.6 Å². The van der Waals surface area contributed by atoms with Crippen LogP contribution in [0, 0.1) is 0 Å². The van der Waals surface area contributed by atoms with E-state index in [9.17, 15) is 16.8 Å². The Morgan fingerprint density at radius 3 is 1.04 bits per heavy atom. The molecule has 0 aliphatic carbocycles. The Labute approximate surface area is 489 Å². The predicted octanol–water partition coefficient (Wildman–Crippen LogP) is 14.1. The zero-order valence-electron chi connectivity index (χ0n) is 46.9. The summed E-state index contributed by atoms with van der Waals surface area (Å²) >= 11 is 0.726. The van der Waals surface area contributed by atoms with Crippen LogP contribution in [0.1, 0.15) is 81.1 Å². The van der Waals surface area contributed by atoms with Gasteiger partial charge in [-0.15, -0.1) is 4.33 Å². The first-order valence-corrected chi connectivity index (χ1v) is 31.9. The van der Waals surface area contributed by atoms with Crippen LogP contribution < -0.4 is 18.9 Å². The average molecular weight is 1190 g/mol. The fourth-order valence-corrected chi connectivity index (χ4v) is 10.7. The summed E-state index contributed by atoms with van der Waals surface area (Å²) in [6, 6.07) is 39.3. The van der Waals surface area contributed by atoms with Gasteiger partial charge in [0.2, 0.25) is 0 Å². The van der Waals surface area contributed by atoms with Gasteiger partial charge in [0.25, 0.3) is 20.2 Å². The van der Waals surface area contributed by atoms with E-state index < -0.39 is 20.2 Å². The van der Waals surface area contributed by atoms with Crippen LogP contribution in [0.2, 0.25) is 0 Å². The third-order valence-electron chi connectivity index (χ3n) is 13.5. The number of hydrogen-bond donors (Lipinski definition) is 2. The van der Waals surface area contributed by atoms with Crippen LogP contribution >= 0.6 is 12.3 Å². The number of benzene rings is 4. The van der Waals surface area contributed by atoms with E-state index >= 15 is 0 Å². The predicted molar refractivity (Wildman–Crippen MR) is 328 cm³/mol. The number of aromatic nitrogens is 4. The molecule has 2 N–H and O–H groups in total. The zero-order valence-corrected chi connectivity index (χ0v) is 49.3. The first-order chi connectivity index (χ1) is 40.3. The number of aromatic amines is 2. The molecule has 17 nitrogen and oxygen atoms in total. The molecular weight excluding hydrogens is 1120 g/mol. The maximum Gasteiger partial charge on any atom is 0.264 e. The number of nitrogens with one attached hydrogen (secondary N) is 2. The van der Waals surface area contributed by atoms with Gasteiger partial charge in [-0.3, -0.25) is 12.5 Å². The van der Waals surface area contributed by atoms with E-state index in [0.29, 0.717) is 40.9 Å². The number of nitrogens with zero attached hydrogens (tertiary/aromatic N) is 2. The molecule has 0 saturated carbocycles. The normalized spacial score (nSPS) is 12.2. The van der Waals surface area contributed by atoms with Gasteiger partial charge in [0.15, 0.2) is 12.3 Å². The molecule has 5 heterocycles. The van der Waals surface area contributed by atoms with Crippen molar-refractivity contribution in [1.82, 2.24) is 19.9 Å². The monoisotopic (exact) mass is 1180 g/mol. The molecule has 0 saturated heterocycles. The molecule has 0 amide bonds. The van der Waals surface area contributed by atoms with Crippen molar-refractivity contribution in [3.63, 3.8) is 0 Å². The van der Waals surface area contributed by atoms with Gasteiger partial charge in [0, 0.05) is 44.3 Å². The maximum atomic E-state index is 11.6. The molecular formula is C63H68N4O13S3. The topological polar surface area (TPSA) is 209 Å². The van der Waals surface area contributed by atoms with Crippen LogP contribution in [0.4, 0.5) is 0 Å². The highest BCUT2D eigenvalue weighted by Gasteiger charge is 2.20. The number of H-pyrrole nitrogens is 2. The van der Waals surface area contributed by atoms with Gasteiger partial charge in [-0.2, -0.15) is 16.8 Å². The molecule has 436 valence electrons. The minimum Gasteiger partial charge on any atom is -0.494 e. The van der Waals surface area contributed by atoms with Crippen molar-refractivity contribution in [2.45, 2.75) is 58.3 Å². The molecule has 7 aromatic rings. The summed E-state index contributed by atoms with van der Waals surface area (Å²) in [5.41, 5.74) is 12.8. The molecule has 2 aliphatic heterocycles. The molecule has 9 rings (SSSR count). The smallest absolute Gasteiger partial charge is 0.264 e. The van der Waals surface area contributed by atoms with Gasteiger partial charge in [-0.1, -0.05) is 100 Å². The first-order valence-electron chi connectivity index (χ1n) is 27.6. The average Bonchev–Trinajstić information content (AvgIpc) is 4.50. The number of fused-ring (bicyclic) bond motifs is 8. The summed E-state index contributed by atoms with van der Waals surface area (Å²) < 4.78 is 90.3. The molecule has 0 fully saturated rings. The van der Waals surface area contributed by atoms with Crippen LogP contribution in [0.15, 0.2) is 121 Å². The van der Waals surface area contributed by atoms with E-state index in [2.05, 4.69) is 46.0 Å². The number of ether oxygens (including phenoxy) is 4. The standard InChI is InChI=1S/C63H68N4O13S3/c1-5-6-7-8-9-10-11-12-37-73-48-21-13-44(14-22-48)60-52-29-31-56(64-52)62(46-17-25-50(26-18-46)75-39-42-78-82(3,68)69)58-35-33-54(66-58)61(45-15-23-49(24-16-45)74-38-41-77-81-80-72-2)55-34-36-59(67-55)63(57-32-30-53(60)65-57)47-19-27-51(28-20-47)76-40-43-79-83(4,70)71/h13-36,64,67H,5-12,37-43H2,1-4H3. The van der Waals surface area contributed by atoms with E-state index in [-0.39, 0.29) is 39.6 Å². The van der Waals surface area contributed by atoms with Crippen LogP contribution in [-0.4, -0.2) is 103 Å². The quantitative estimate of drug-likeness (QED) is 0.0136. The number of hydrogen-bond acceptors (Lipinski definition) is 16. The maximum absolute atomic E-state index is 11.6. The lowest BCUT2D eigenvalue weighted by Crippen LogP contribution is -2.11. The molecule has 0 radical (unpaired) electrons. The molecule has 0 spiro atoms. The summed E-state index contributed by atoms with van der Waals surface area (Å²) in [5, 5.41) is 0. The van der Waals surface area contributed by atoms with Crippen LogP contribution in [-0.2, 0) is 42.0 Å². The molecule has 20 heteroatoms.